The largest absolute Gasteiger partial charge is 0.465 e. The van der Waals surface area contributed by atoms with Gasteiger partial charge >= 0.3 is 0 Å². The Balaban J connectivity index is 1.57. The van der Waals surface area contributed by atoms with Gasteiger partial charge in [0.2, 0.25) is 5.91 Å². The third-order valence-electron chi connectivity index (χ3n) is 3.38. The maximum atomic E-state index is 12.4. The number of halogens is 1. The number of hydrogen-bond acceptors (Lipinski definition) is 5. The molecule has 2 amide bonds. The molecule has 1 N–H and O–H groups in total. The van der Waals surface area contributed by atoms with Crippen molar-refractivity contribution in [2.24, 2.45) is 0 Å². The van der Waals surface area contributed by atoms with Crippen LogP contribution in [0, 0.1) is 3.57 Å². The molecule has 0 unspecified atom stereocenters. The van der Waals surface area contributed by atoms with Crippen molar-refractivity contribution >= 4 is 74.5 Å². The Hall–Kier alpha value is -1.65. The van der Waals surface area contributed by atoms with Crippen molar-refractivity contribution in [3.8, 4) is 0 Å². The van der Waals surface area contributed by atoms with E-state index in [1.54, 1.807) is 24.5 Å². The van der Waals surface area contributed by atoms with E-state index in [1.807, 2.05) is 24.3 Å². The highest BCUT2D eigenvalue weighted by molar-refractivity contribution is 14.1. The average Bonchev–Trinajstić information content (AvgIpc) is 3.18. The first-order chi connectivity index (χ1) is 12.0. The first kappa shape index (κ1) is 18.2. The van der Waals surface area contributed by atoms with Crippen LogP contribution in [0.4, 0.5) is 5.69 Å². The number of hydrogen-bond donors (Lipinski definition) is 1. The lowest BCUT2D eigenvalue weighted by atomic mass is 10.3. The molecule has 1 aliphatic heterocycles. The number of rotatable bonds is 5. The monoisotopic (exact) mass is 484 g/mol. The van der Waals surface area contributed by atoms with E-state index in [0.29, 0.717) is 15.0 Å². The smallest absolute Gasteiger partial charge is 0.266 e. The highest BCUT2D eigenvalue weighted by atomic mass is 127. The molecule has 1 aromatic carbocycles. The number of anilines is 1. The second kappa shape index (κ2) is 8.15. The molecule has 1 aromatic heterocycles. The van der Waals surface area contributed by atoms with Crippen LogP contribution in [0.3, 0.4) is 0 Å². The average molecular weight is 484 g/mol. The van der Waals surface area contributed by atoms with Crippen LogP contribution in [0.2, 0.25) is 0 Å². The van der Waals surface area contributed by atoms with Crippen molar-refractivity contribution in [3.63, 3.8) is 0 Å². The van der Waals surface area contributed by atoms with E-state index in [4.69, 9.17) is 16.6 Å². The van der Waals surface area contributed by atoms with Crippen molar-refractivity contribution in [1.29, 1.82) is 0 Å². The first-order valence-electron chi connectivity index (χ1n) is 7.37. The fraction of sp³-hybridized carbons (Fsp3) is 0.118. The van der Waals surface area contributed by atoms with Gasteiger partial charge < -0.3 is 9.73 Å². The van der Waals surface area contributed by atoms with Gasteiger partial charge in [-0.3, -0.25) is 14.5 Å². The lowest BCUT2D eigenvalue weighted by molar-refractivity contribution is -0.122. The quantitative estimate of drug-likeness (QED) is 0.393. The van der Waals surface area contributed by atoms with Gasteiger partial charge in [-0.25, -0.2) is 0 Å². The minimum absolute atomic E-state index is 0.162. The van der Waals surface area contributed by atoms with Gasteiger partial charge in [0.15, 0.2) is 0 Å². The molecule has 0 atom stereocenters. The summed E-state index contributed by atoms with van der Waals surface area (Å²) in [5, 5.41) is 2.81. The third-order valence-corrected chi connectivity index (χ3v) is 5.48. The summed E-state index contributed by atoms with van der Waals surface area (Å²) in [6.45, 7) is 0.246. The highest BCUT2D eigenvalue weighted by Gasteiger charge is 2.32. The van der Waals surface area contributed by atoms with Crippen LogP contribution in [-0.4, -0.2) is 27.6 Å². The molecule has 2 aromatic rings. The van der Waals surface area contributed by atoms with Crippen molar-refractivity contribution < 1.29 is 14.0 Å². The summed E-state index contributed by atoms with van der Waals surface area (Å²) < 4.78 is 6.76. The topological polar surface area (TPSA) is 62.6 Å². The molecule has 1 saturated heterocycles. The van der Waals surface area contributed by atoms with Gasteiger partial charge in [-0.1, -0.05) is 24.0 Å². The van der Waals surface area contributed by atoms with Gasteiger partial charge in [-0.15, -0.1) is 0 Å². The number of nitrogens with zero attached hydrogens (tertiary/aromatic N) is 1. The van der Waals surface area contributed by atoms with E-state index >= 15 is 0 Å². The summed E-state index contributed by atoms with van der Waals surface area (Å²) >= 11 is 8.66. The molecule has 5 nitrogen and oxygen atoms in total. The van der Waals surface area contributed by atoms with Crippen molar-refractivity contribution in [2.45, 2.75) is 6.42 Å². The fourth-order valence-electron chi connectivity index (χ4n) is 2.17. The SMILES string of the molecule is O=C(CCN1C(=O)C(=Cc2ccco2)SC1=S)Nc1ccc(I)cc1. The Kier molecular flexibility index (Phi) is 5.92. The number of nitrogens with one attached hydrogen (secondary N) is 1. The summed E-state index contributed by atoms with van der Waals surface area (Å²) in [5.41, 5.74) is 0.730. The molecule has 0 spiro atoms. The molecule has 0 saturated carbocycles. The Morgan fingerprint density at radius 2 is 2.08 bits per heavy atom. The zero-order chi connectivity index (χ0) is 17.8. The molecular weight excluding hydrogens is 471 g/mol. The number of furan rings is 1. The molecule has 0 radical (unpaired) electrons. The molecule has 2 heterocycles. The molecule has 1 fully saturated rings. The number of thioether (sulfide) groups is 1. The van der Waals surface area contributed by atoms with Gasteiger partial charge in [-0.05, 0) is 59.0 Å². The molecule has 0 bridgehead atoms. The van der Waals surface area contributed by atoms with Gasteiger partial charge in [0, 0.05) is 28.3 Å². The van der Waals surface area contributed by atoms with Crippen molar-refractivity contribution in [3.05, 3.63) is 56.9 Å². The van der Waals surface area contributed by atoms with Crippen molar-refractivity contribution in [2.75, 3.05) is 11.9 Å². The van der Waals surface area contributed by atoms with E-state index < -0.39 is 0 Å². The molecule has 8 heteroatoms. The predicted octanol–water partition coefficient (Wildman–Crippen LogP) is 4.11. The molecule has 0 aliphatic carbocycles. The predicted molar refractivity (Wildman–Crippen MR) is 111 cm³/mol. The Morgan fingerprint density at radius 3 is 2.76 bits per heavy atom. The molecular formula is C17H13IN2O3S2. The van der Waals surface area contributed by atoms with Gasteiger partial charge in [-0.2, -0.15) is 0 Å². The van der Waals surface area contributed by atoms with Gasteiger partial charge in [0.05, 0.1) is 11.2 Å². The maximum Gasteiger partial charge on any atom is 0.266 e. The van der Waals surface area contributed by atoms with Crippen LogP contribution in [0.1, 0.15) is 12.2 Å². The summed E-state index contributed by atoms with van der Waals surface area (Å²) in [6, 6.07) is 11.0. The number of benzene rings is 1. The van der Waals surface area contributed by atoms with E-state index in [-0.39, 0.29) is 24.8 Å². The van der Waals surface area contributed by atoms with Gasteiger partial charge in [0.25, 0.3) is 5.91 Å². The second-order valence-corrected chi connectivity index (χ2v) is 8.08. The van der Waals surface area contributed by atoms with Crippen LogP contribution >= 0.6 is 46.6 Å². The van der Waals surface area contributed by atoms with E-state index in [9.17, 15) is 9.59 Å². The van der Waals surface area contributed by atoms with Gasteiger partial charge in [0.1, 0.15) is 10.1 Å². The fourth-order valence-corrected chi connectivity index (χ4v) is 3.81. The van der Waals surface area contributed by atoms with Crippen LogP contribution in [0.5, 0.6) is 0 Å². The van der Waals surface area contributed by atoms with Crippen LogP contribution in [-0.2, 0) is 9.59 Å². The number of carbonyl (C=O) groups is 2. The first-order valence-corrected chi connectivity index (χ1v) is 9.67. The highest BCUT2D eigenvalue weighted by Crippen LogP contribution is 2.32. The Labute approximate surface area is 168 Å². The summed E-state index contributed by atoms with van der Waals surface area (Å²) in [7, 11) is 0. The van der Waals surface area contributed by atoms with Crippen LogP contribution < -0.4 is 5.32 Å². The van der Waals surface area contributed by atoms with Crippen LogP contribution in [0.15, 0.2) is 52.0 Å². The maximum absolute atomic E-state index is 12.4. The minimum Gasteiger partial charge on any atom is -0.465 e. The summed E-state index contributed by atoms with van der Waals surface area (Å²) in [4.78, 5) is 26.4. The number of carbonyl (C=O) groups excluding carboxylic acids is 2. The lowest BCUT2D eigenvalue weighted by Crippen LogP contribution is -2.31. The normalized spacial score (nSPS) is 15.9. The standard InChI is InChI=1S/C17H13IN2O3S2/c18-11-3-5-12(6-4-11)19-15(21)7-8-20-16(22)14(25-17(20)24)10-13-2-1-9-23-13/h1-6,9-10H,7-8H2,(H,19,21). The second-order valence-electron chi connectivity index (χ2n) is 5.15. The van der Waals surface area contributed by atoms with Crippen molar-refractivity contribution in [1.82, 2.24) is 4.90 Å². The number of amides is 2. The molecule has 1 aliphatic rings. The van der Waals surface area contributed by atoms with Crippen LogP contribution in [0.25, 0.3) is 6.08 Å². The zero-order valence-electron chi connectivity index (χ0n) is 12.9. The van der Waals surface area contributed by atoms with E-state index in [2.05, 4.69) is 27.9 Å². The summed E-state index contributed by atoms with van der Waals surface area (Å²) in [5.74, 6) is 0.232. The molecule has 25 heavy (non-hydrogen) atoms. The minimum atomic E-state index is -0.200. The zero-order valence-corrected chi connectivity index (χ0v) is 16.7. The summed E-state index contributed by atoms with van der Waals surface area (Å²) in [6.07, 6.45) is 3.37. The third kappa shape index (κ3) is 4.71. The van der Waals surface area contributed by atoms with E-state index in [1.165, 1.54) is 16.7 Å². The lowest BCUT2D eigenvalue weighted by Gasteiger charge is -2.14. The molecule has 128 valence electrons. The Morgan fingerprint density at radius 1 is 1.32 bits per heavy atom. The number of thiocarbonyl (C=S) groups is 1. The van der Waals surface area contributed by atoms with E-state index in [0.717, 1.165) is 9.26 Å². The Bertz CT molecular complexity index is 832. The molecule has 3 rings (SSSR count).